The molecule has 0 saturated heterocycles. The van der Waals surface area contributed by atoms with E-state index in [1.54, 1.807) is 24.3 Å². The zero-order valence-corrected chi connectivity index (χ0v) is 12.0. The highest BCUT2D eigenvalue weighted by molar-refractivity contribution is 7.89. The van der Waals surface area contributed by atoms with Crippen molar-refractivity contribution in [3.05, 3.63) is 30.3 Å². The van der Waals surface area contributed by atoms with Crippen LogP contribution in [-0.4, -0.2) is 14.5 Å². The average molecular weight is 269 g/mol. The van der Waals surface area contributed by atoms with Crippen molar-refractivity contribution in [1.82, 2.24) is 4.72 Å². The standard InChI is InChI=1S/C14H23NO2S/c1-3-5-7-10-13(4-2)15-18(16,17)14-11-8-6-9-12-14/h6,8-9,11-13,15H,3-5,7,10H2,1-2H3. The Kier molecular flexibility index (Phi) is 6.36. The Labute approximate surface area is 111 Å². The van der Waals surface area contributed by atoms with Gasteiger partial charge in [0.05, 0.1) is 4.90 Å². The molecule has 1 N–H and O–H groups in total. The molecule has 0 amide bonds. The van der Waals surface area contributed by atoms with E-state index in [9.17, 15) is 8.42 Å². The lowest BCUT2D eigenvalue weighted by molar-refractivity contribution is 0.494. The van der Waals surface area contributed by atoms with Gasteiger partial charge < -0.3 is 0 Å². The molecule has 1 rings (SSSR count). The summed E-state index contributed by atoms with van der Waals surface area (Å²) in [4.78, 5) is 0.346. The van der Waals surface area contributed by atoms with Crippen molar-refractivity contribution in [3.8, 4) is 0 Å². The fraction of sp³-hybridized carbons (Fsp3) is 0.571. The third-order valence-electron chi connectivity index (χ3n) is 3.02. The monoisotopic (exact) mass is 269 g/mol. The molecule has 0 aromatic heterocycles. The van der Waals surface area contributed by atoms with Crippen molar-refractivity contribution >= 4 is 10.0 Å². The smallest absolute Gasteiger partial charge is 0.208 e. The van der Waals surface area contributed by atoms with Crippen LogP contribution in [0.5, 0.6) is 0 Å². The van der Waals surface area contributed by atoms with Gasteiger partial charge in [-0.3, -0.25) is 0 Å². The van der Waals surface area contributed by atoms with Crippen molar-refractivity contribution < 1.29 is 8.42 Å². The van der Waals surface area contributed by atoms with Crippen LogP contribution in [0.1, 0.15) is 46.0 Å². The fourth-order valence-corrected chi connectivity index (χ4v) is 3.25. The summed E-state index contributed by atoms with van der Waals surface area (Å²) in [5, 5.41) is 0. The summed E-state index contributed by atoms with van der Waals surface area (Å²) in [6.07, 6.45) is 5.13. The van der Waals surface area contributed by atoms with E-state index in [-0.39, 0.29) is 6.04 Å². The minimum atomic E-state index is -3.36. The summed E-state index contributed by atoms with van der Waals surface area (Å²) in [7, 11) is -3.36. The molecule has 1 unspecified atom stereocenters. The Bertz CT molecular complexity index is 428. The Morgan fingerprint density at radius 1 is 1.11 bits per heavy atom. The first-order valence-corrected chi connectivity index (χ1v) is 8.15. The van der Waals surface area contributed by atoms with Gasteiger partial charge in [0.25, 0.3) is 0 Å². The first-order valence-electron chi connectivity index (χ1n) is 6.67. The van der Waals surface area contributed by atoms with Crippen LogP contribution in [-0.2, 0) is 10.0 Å². The molecule has 0 heterocycles. The van der Waals surface area contributed by atoms with E-state index >= 15 is 0 Å². The maximum Gasteiger partial charge on any atom is 0.240 e. The van der Waals surface area contributed by atoms with Gasteiger partial charge in [-0.1, -0.05) is 51.3 Å². The number of sulfonamides is 1. The molecule has 0 bridgehead atoms. The summed E-state index contributed by atoms with van der Waals surface area (Å²) >= 11 is 0. The van der Waals surface area contributed by atoms with Gasteiger partial charge >= 0.3 is 0 Å². The van der Waals surface area contributed by atoms with Crippen molar-refractivity contribution in [1.29, 1.82) is 0 Å². The Hall–Kier alpha value is -0.870. The Balaban J connectivity index is 2.63. The maximum absolute atomic E-state index is 12.1. The summed E-state index contributed by atoms with van der Waals surface area (Å²) in [5.74, 6) is 0. The van der Waals surface area contributed by atoms with Gasteiger partial charge in [0, 0.05) is 6.04 Å². The molecule has 1 aromatic carbocycles. The normalized spacial score (nSPS) is 13.4. The van der Waals surface area contributed by atoms with Crippen molar-refractivity contribution in [2.24, 2.45) is 0 Å². The molecule has 102 valence electrons. The summed E-state index contributed by atoms with van der Waals surface area (Å²) in [6.45, 7) is 4.17. The number of unbranched alkanes of at least 4 members (excludes halogenated alkanes) is 2. The lowest BCUT2D eigenvalue weighted by atomic mass is 10.1. The second kappa shape index (κ2) is 7.54. The highest BCUT2D eigenvalue weighted by Crippen LogP contribution is 2.12. The molecule has 18 heavy (non-hydrogen) atoms. The minimum absolute atomic E-state index is 0.0433. The zero-order chi connectivity index (χ0) is 13.4. The molecule has 0 aliphatic heterocycles. The highest BCUT2D eigenvalue weighted by Gasteiger charge is 2.18. The Morgan fingerprint density at radius 2 is 1.78 bits per heavy atom. The molecule has 0 spiro atoms. The van der Waals surface area contributed by atoms with Crippen LogP contribution in [0.3, 0.4) is 0 Å². The van der Waals surface area contributed by atoms with Gasteiger partial charge in [-0.15, -0.1) is 0 Å². The molecule has 0 fully saturated rings. The predicted molar refractivity (Wildman–Crippen MR) is 75.0 cm³/mol. The summed E-state index contributed by atoms with van der Waals surface area (Å²) < 4.78 is 27.0. The van der Waals surface area contributed by atoms with Crippen molar-refractivity contribution in [3.63, 3.8) is 0 Å². The molecule has 0 saturated carbocycles. The van der Waals surface area contributed by atoms with Gasteiger partial charge in [0.2, 0.25) is 10.0 Å². The van der Waals surface area contributed by atoms with Crippen molar-refractivity contribution in [2.45, 2.75) is 56.9 Å². The second-order valence-electron chi connectivity index (χ2n) is 4.54. The minimum Gasteiger partial charge on any atom is -0.208 e. The van der Waals surface area contributed by atoms with Crippen LogP contribution < -0.4 is 4.72 Å². The molecule has 1 atom stereocenters. The van der Waals surface area contributed by atoms with E-state index in [4.69, 9.17) is 0 Å². The maximum atomic E-state index is 12.1. The molecular formula is C14H23NO2S. The van der Waals surface area contributed by atoms with E-state index in [1.807, 2.05) is 13.0 Å². The average Bonchev–Trinajstić information content (AvgIpc) is 2.38. The summed E-state index contributed by atoms with van der Waals surface area (Å²) in [6, 6.07) is 8.60. The zero-order valence-electron chi connectivity index (χ0n) is 11.2. The number of nitrogens with one attached hydrogen (secondary N) is 1. The summed E-state index contributed by atoms with van der Waals surface area (Å²) in [5.41, 5.74) is 0. The first-order chi connectivity index (χ1) is 8.60. The van der Waals surface area contributed by atoms with Crippen molar-refractivity contribution in [2.75, 3.05) is 0 Å². The van der Waals surface area contributed by atoms with E-state index in [1.165, 1.54) is 0 Å². The van der Waals surface area contributed by atoms with Crippen LogP contribution in [0.15, 0.2) is 35.2 Å². The molecule has 0 radical (unpaired) electrons. The molecule has 0 aliphatic rings. The predicted octanol–water partition coefficient (Wildman–Crippen LogP) is 3.32. The van der Waals surface area contributed by atoms with Crippen LogP contribution in [0.25, 0.3) is 0 Å². The molecule has 0 aliphatic carbocycles. The molecule has 1 aromatic rings. The van der Waals surface area contributed by atoms with Gasteiger partial charge in [0.15, 0.2) is 0 Å². The van der Waals surface area contributed by atoms with Crippen LogP contribution in [0.2, 0.25) is 0 Å². The lowest BCUT2D eigenvalue weighted by Gasteiger charge is -2.16. The fourth-order valence-electron chi connectivity index (χ4n) is 1.87. The van der Waals surface area contributed by atoms with Crippen LogP contribution >= 0.6 is 0 Å². The SMILES string of the molecule is CCCCCC(CC)NS(=O)(=O)c1ccccc1. The van der Waals surface area contributed by atoms with Gasteiger partial charge in [-0.05, 0) is 25.0 Å². The second-order valence-corrected chi connectivity index (χ2v) is 6.25. The topological polar surface area (TPSA) is 46.2 Å². The number of rotatable bonds is 8. The van der Waals surface area contributed by atoms with Gasteiger partial charge in [-0.25, -0.2) is 13.1 Å². The van der Waals surface area contributed by atoms with E-state index in [0.29, 0.717) is 4.90 Å². The number of hydrogen-bond donors (Lipinski definition) is 1. The molecular weight excluding hydrogens is 246 g/mol. The highest BCUT2D eigenvalue weighted by atomic mass is 32.2. The van der Waals surface area contributed by atoms with Gasteiger partial charge in [-0.2, -0.15) is 0 Å². The van der Waals surface area contributed by atoms with E-state index in [2.05, 4.69) is 11.6 Å². The van der Waals surface area contributed by atoms with E-state index in [0.717, 1.165) is 32.1 Å². The quantitative estimate of drug-likeness (QED) is 0.736. The van der Waals surface area contributed by atoms with Gasteiger partial charge in [0.1, 0.15) is 0 Å². The third-order valence-corrected chi connectivity index (χ3v) is 4.56. The lowest BCUT2D eigenvalue weighted by Crippen LogP contribution is -2.34. The third kappa shape index (κ3) is 4.78. The molecule has 3 nitrogen and oxygen atoms in total. The van der Waals surface area contributed by atoms with Crippen LogP contribution in [0.4, 0.5) is 0 Å². The van der Waals surface area contributed by atoms with E-state index < -0.39 is 10.0 Å². The van der Waals surface area contributed by atoms with Crippen LogP contribution in [0, 0.1) is 0 Å². The largest absolute Gasteiger partial charge is 0.240 e. The number of benzene rings is 1. The number of hydrogen-bond acceptors (Lipinski definition) is 2. The Morgan fingerprint density at radius 3 is 2.33 bits per heavy atom. The molecule has 4 heteroatoms. The first kappa shape index (κ1) is 15.2.